The first-order valence-corrected chi connectivity index (χ1v) is 11.4. The maximum atomic E-state index is 13.9. The zero-order valence-electron chi connectivity index (χ0n) is 19.4. The molecular weight excluding hydrogens is 485 g/mol. The summed E-state index contributed by atoms with van der Waals surface area (Å²) in [5.41, 5.74) is 2.06. The monoisotopic (exact) mass is 505 g/mol. The van der Waals surface area contributed by atoms with Crippen molar-refractivity contribution in [2.24, 2.45) is 0 Å². The summed E-state index contributed by atoms with van der Waals surface area (Å²) in [6.45, 7) is 3.69. The Morgan fingerprint density at radius 2 is 1.56 bits per heavy atom. The normalized spacial score (nSPS) is 11.1. The van der Waals surface area contributed by atoms with E-state index in [-0.39, 0.29) is 18.1 Å². The SMILES string of the molecule is Cc1nc(CNC(=O)NCc2nc(C)nn2-c2cnc3ccccc3c2)n(-c2ccc(Cl)c(F)c2)n1. The van der Waals surface area contributed by atoms with Crippen LogP contribution in [0.2, 0.25) is 5.02 Å². The van der Waals surface area contributed by atoms with Crippen molar-refractivity contribution in [2.45, 2.75) is 26.9 Å². The number of aryl methyl sites for hydroxylation is 2. The van der Waals surface area contributed by atoms with E-state index < -0.39 is 11.8 Å². The maximum Gasteiger partial charge on any atom is 0.315 e. The Labute approximate surface area is 210 Å². The summed E-state index contributed by atoms with van der Waals surface area (Å²) in [6.07, 6.45) is 1.72. The molecule has 0 radical (unpaired) electrons. The first-order valence-electron chi connectivity index (χ1n) is 11.0. The fourth-order valence-electron chi connectivity index (χ4n) is 3.73. The number of para-hydroxylation sites is 1. The summed E-state index contributed by atoms with van der Waals surface area (Å²) in [5, 5.41) is 15.3. The van der Waals surface area contributed by atoms with Crippen LogP contribution in [0.1, 0.15) is 23.3 Å². The summed E-state index contributed by atoms with van der Waals surface area (Å²) in [4.78, 5) is 25.8. The Morgan fingerprint density at radius 3 is 2.22 bits per heavy atom. The highest BCUT2D eigenvalue weighted by atomic mass is 35.5. The molecule has 0 aliphatic rings. The minimum Gasteiger partial charge on any atom is -0.331 e. The number of urea groups is 1. The highest BCUT2D eigenvalue weighted by Gasteiger charge is 2.15. The molecule has 0 spiro atoms. The van der Waals surface area contributed by atoms with Crippen LogP contribution in [0.15, 0.2) is 54.7 Å². The van der Waals surface area contributed by atoms with Crippen molar-refractivity contribution < 1.29 is 9.18 Å². The molecule has 0 saturated carbocycles. The van der Waals surface area contributed by atoms with Gasteiger partial charge in [0.05, 0.1) is 41.2 Å². The number of nitrogens with zero attached hydrogens (tertiary/aromatic N) is 7. The van der Waals surface area contributed by atoms with Crippen LogP contribution in [-0.2, 0) is 13.1 Å². The Balaban J connectivity index is 1.27. The molecule has 2 amide bonds. The van der Waals surface area contributed by atoms with Gasteiger partial charge in [0.25, 0.3) is 0 Å². The number of aromatic nitrogens is 7. The molecule has 0 unspecified atom stereocenters. The van der Waals surface area contributed by atoms with Crippen LogP contribution in [0.4, 0.5) is 9.18 Å². The lowest BCUT2D eigenvalue weighted by Crippen LogP contribution is -2.36. The molecule has 182 valence electrons. The van der Waals surface area contributed by atoms with Gasteiger partial charge in [0.15, 0.2) is 11.6 Å². The second kappa shape index (κ2) is 9.70. The largest absolute Gasteiger partial charge is 0.331 e. The van der Waals surface area contributed by atoms with E-state index in [2.05, 4.69) is 35.8 Å². The van der Waals surface area contributed by atoms with Gasteiger partial charge in [0.2, 0.25) is 0 Å². The van der Waals surface area contributed by atoms with Crippen molar-refractivity contribution in [2.75, 3.05) is 0 Å². The number of rotatable bonds is 6. The molecule has 5 rings (SSSR count). The van der Waals surface area contributed by atoms with Gasteiger partial charge in [-0.3, -0.25) is 4.98 Å². The molecule has 3 heterocycles. The molecule has 0 aliphatic carbocycles. The molecule has 0 atom stereocenters. The predicted octanol–water partition coefficient (Wildman–Crippen LogP) is 3.80. The molecule has 0 saturated heterocycles. The van der Waals surface area contributed by atoms with Crippen molar-refractivity contribution in [1.29, 1.82) is 0 Å². The van der Waals surface area contributed by atoms with Crippen LogP contribution in [0.25, 0.3) is 22.3 Å². The summed E-state index contributed by atoms with van der Waals surface area (Å²) in [6, 6.07) is 13.6. The van der Waals surface area contributed by atoms with Gasteiger partial charge in [-0.1, -0.05) is 29.8 Å². The van der Waals surface area contributed by atoms with Crippen LogP contribution in [0.5, 0.6) is 0 Å². The summed E-state index contributed by atoms with van der Waals surface area (Å²) in [7, 11) is 0. The van der Waals surface area contributed by atoms with Gasteiger partial charge in [-0.2, -0.15) is 10.2 Å². The fraction of sp³-hybridized carbons (Fsp3) is 0.167. The molecule has 36 heavy (non-hydrogen) atoms. The van der Waals surface area contributed by atoms with Gasteiger partial charge >= 0.3 is 6.03 Å². The van der Waals surface area contributed by atoms with Gasteiger partial charge in [-0.05, 0) is 38.1 Å². The molecule has 12 heteroatoms. The summed E-state index contributed by atoms with van der Waals surface area (Å²) >= 11 is 5.78. The molecule has 0 fully saturated rings. The second-order valence-corrected chi connectivity index (χ2v) is 8.40. The zero-order chi connectivity index (χ0) is 25.2. The number of hydrogen-bond donors (Lipinski definition) is 2. The van der Waals surface area contributed by atoms with E-state index in [0.717, 1.165) is 16.6 Å². The number of hydrogen-bond acceptors (Lipinski definition) is 6. The van der Waals surface area contributed by atoms with E-state index in [0.29, 0.717) is 29.0 Å². The highest BCUT2D eigenvalue weighted by Crippen LogP contribution is 2.19. The number of pyridine rings is 1. The first-order chi connectivity index (χ1) is 17.4. The average Bonchev–Trinajstić information content (AvgIpc) is 3.44. The van der Waals surface area contributed by atoms with Gasteiger partial charge in [-0.15, -0.1) is 0 Å². The quantitative estimate of drug-likeness (QED) is 0.362. The number of carbonyl (C=O) groups excluding carboxylic acids is 1. The topological polar surface area (TPSA) is 115 Å². The van der Waals surface area contributed by atoms with E-state index in [9.17, 15) is 9.18 Å². The lowest BCUT2D eigenvalue weighted by atomic mass is 10.2. The fourth-order valence-corrected chi connectivity index (χ4v) is 3.85. The van der Waals surface area contributed by atoms with Crippen LogP contribution < -0.4 is 10.6 Å². The third kappa shape index (κ3) is 4.86. The van der Waals surface area contributed by atoms with Crippen LogP contribution >= 0.6 is 11.6 Å². The van der Waals surface area contributed by atoms with Crippen LogP contribution in [-0.4, -0.2) is 40.5 Å². The molecule has 2 N–H and O–H groups in total. The van der Waals surface area contributed by atoms with E-state index in [1.54, 1.807) is 30.8 Å². The standard InChI is InChI=1S/C24H21ClFN9O/c1-14-30-22(34(32-14)17-7-8-19(25)20(26)10-17)12-28-24(36)29-13-23-31-15(2)33-35(23)18-9-16-5-3-4-6-21(16)27-11-18/h3-11H,12-13H2,1-2H3,(H2,28,29,36). The molecule has 10 nitrogen and oxygen atoms in total. The Hall–Kier alpha value is -4.38. The number of amides is 2. The Morgan fingerprint density at radius 1 is 0.917 bits per heavy atom. The van der Waals surface area contributed by atoms with E-state index in [1.165, 1.54) is 16.8 Å². The van der Waals surface area contributed by atoms with Gasteiger partial charge in [0.1, 0.15) is 17.5 Å². The van der Waals surface area contributed by atoms with E-state index in [4.69, 9.17) is 11.6 Å². The van der Waals surface area contributed by atoms with Crippen molar-refractivity contribution >= 4 is 28.5 Å². The van der Waals surface area contributed by atoms with Crippen molar-refractivity contribution in [3.8, 4) is 11.4 Å². The number of benzene rings is 2. The Bertz CT molecular complexity index is 1580. The number of carbonyl (C=O) groups is 1. The summed E-state index contributed by atoms with van der Waals surface area (Å²) < 4.78 is 17.0. The van der Waals surface area contributed by atoms with Crippen molar-refractivity contribution in [1.82, 2.24) is 45.1 Å². The smallest absolute Gasteiger partial charge is 0.315 e. The van der Waals surface area contributed by atoms with Gasteiger partial charge < -0.3 is 10.6 Å². The second-order valence-electron chi connectivity index (χ2n) is 7.99. The molecule has 0 aliphatic heterocycles. The lowest BCUT2D eigenvalue weighted by Gasteiger charge is -2.10. The highest BCUT2D eigenvalue weighted by molar-refractivity contribution is 6.30. The molecule has 0 bridgehead atoms. The maximum absolute atomic E-state index is 13.9. The third-order valence-electron chi connectivity index (χ3n) is 5.34. The van der Waals surface area contributed by atoms with Crippen molar-refractivity contribution in [3.05, 3.63) is 88.9 Å². The van der Waals surface area contributed by atoms with E-state index >= 15 is 0 Å². The minimum absolute atomic E-state index is 0.0113. The molecule has 5 aromatic rings. The van der Waals surface area contributed by atoms with Crippen molar-refractivity contribution in [3.63, 3.8) is 0 Å². The first kappa shape index (κ1) is 23.4. The van der Waals surface area contributed by atoms with Gasteiger partial charge in [-0.25, -0.2) is 28.5 Å². The Kier molecular flexibility index (Phi) is 6.30. The third-order valence-corrected chi connectivity index (χ3v) is 5.65. The molecular formula is C24H21ClFN9O. The lowest BCUT2D eigenvalue weighted by molar-refractivity contribution is 0.239. The van der Waals surface area contributed by atoms with E-state index in [1.807, 2.05) is 30.3 Å². The van der Waals surface area contributed by atoms with Gasteiger partial charge in [0, 0.05) is 11.5 Å². The number of nitrogens with one attached hydrogen (secondary N) is 2. The van der Waals surface area contributed by atoms with Crippen LogP contribution in [0, 0.1) is 19.7 Å². The minimum atomic E-state index is -0.569. The number of fused-ring (bicyclic) bond motifs is 1. The molecule has 3 aromatic heterocycles. The predicted molar refractivity (Wildman–Crippen MR) is 132 cm³/mol. The van der Waals surface area contributed by atoms with Crippen LogP contribution in [0.3, 0.4) is 0 Å². The molecule has 2 aromatic carbocycles. The average molecular weight is 506 g/mol. The zero-order valence-corrected chi connectivity index (χ0v) is 20.2. The summed E-state index contributed by atoms with van der Waals surface area (Å²) in [5.74, 6) is 1.47. The number of halogens is 2.